The van der Waals surface area contributed by atoms with Gasteiger partial charge in [-0.15, -0.1) is 0 Å². The SMILES string of the molecule is O=C(CN(Cc1ccc(F)cc1)S(=O)(=O)c1ccccc1)Nc1ccc(Cl)cc1Cl. The molecule has 9 heteroatoms. The molecule has 0 aromatic heterocycles. The van der Waals surface area contributed by atoms with E-state index >= 15 is 0 Å². The van der Waals surface area contributed by atoms with Crippen molar-refractivity contribution in [3.8, 4) is 0 Å². The fraction of sp³-hybridized carbons (Fsp3) is 0.0952. The molecule has 0 aliphatic carbocycles. The maximum atomic E-state index is 13.2. The highest BCUT2D eigenvalue weighted by atomic mass is 35.5. The first kappa shape index (κ1) is 22.2. The van der Waals surface area contributed by atoms with Crippen molar-refractivity contribution >= 4 is 44.8 Å². The fourth-order valence-corrected chi connectivity index (χ4v) is 4.56. The number of amides is 1. The molecule has 0 saturated heterocycles. The molecule has 0 saturated carbocycles. The predicted molar refractivity (Wildman–Crippen MR) is 116 cm³/mol. The van der Waals surface area contributed by atoms with Crippen LogP contribution in [0.2, 0.25) is 10.0 Å². The van der Waals surface area contributed by atoms with E-state index in [0.29, 0.717) is 16.3 Å². The van der Waals surface area contributed by atoms with Gasteiger partial charge in [-0.1, -0.05) is 53.5 Å². The summed E-state index contributed by atoms with van der Waals surface area (Å²) in [5, 5.41) is 3.22. The molecule has 0 bridgehead atoms. The Bertz CT molecular complexity index is 1140. The van der Waals surface area contributed by atoms with E-state index in [-0.39, 0.29) is 16.5 Å². The number of halogens is 3. The summed E-state index contributed by atoms with van der Waals surface area (Å²) in [6, 6.07) is 17.7. The number of nitrogens with one attached hydrogen (secondary N) is 1. The molecular formula is C21H17Cl2FN2O3S. The van der Waals surface area contributed by atoms with Crippen LogP contribution in [0, 0.1) is 5.82 Å². The number of hydrogen-bond acceptors (Lipinski definition) is 3. The third kappa shape index (κ3) is 5.58. The van der Waals surface area contributed by atoms with Crippen molar-refractivity contribution in [3.63, 3.8) is 0 Å². The normalized spacial score (nSPS) is 11.5. The van der Waals surface area contributed by atoms with Crippen LogP contribution in [-0.2, 0) is 21.4 Å². The van der Waals surface area contributed by atoms with Gasteiger partial charge in [-0.2, -0.15) is 4.31 Å². The van der Waals surface area contributed by atoms with Crippen LogP contribution < -0.4 is 5.32 Å². The Morgan fingerprint density at radius 1 is 0.967 bits per heavy atom. The zero-order valence-electron chi connectivity index (χ0n) is 15.6. The average Bonchev–Trinajstić information content (AvgIpc) is 2.72. The van der Waals surface area contributed by atoms with Crippen LogP contribution in [0.25, 0.3) is 0 Å². The lowest BCUT2D eigenvalue weighted by Gasteiger charge is -2.22. The first-order valence-corrected chi connectivity index (χ1v) is 11.0. The Labute approximate surface area is 184 Å². The summed E-state index contributed by atoms with van der Waals surface area (Å²) >= 11 is 11.9. The molecule has 1 amide bonds. The molecule has 0 atom stereocenters. The molecular weight excluding hydrogens is 450 g/mol. The fourth-order valence-electron chi connectivity index (χ4n) is 2.70. The number of hydrogen-bond donors (Lipinski definition) is 1. The van der Waals surface area contributed by atoms with Gasteiger partial charge in [0.15, 0.2) is 0 Å². The van der Waals surface area contributed by atoms with Crippen molar-refractivity contribution in [1.82, 2.24) is 4.31 Å². The van der Waals surface area contributed by atoms with Crippen LogP contribution >= 0.6 is 23.2 Å². The summed E-state index contributed by atoms with van der Waals surface area (Å²) in [4.78, 5) is 12.7. The van der Waals surface area contributed by atoms with E-state index in [1.807, 2.05) is 0 Å². The van der Waals surface area contributed by atoms with Gasteiger partial charge < -0.3 is 5.32 Å². The molecule has 0 radical (unpaired) electrons. The minimum atomic E-state index is -3.99. The third-order valence-electron chi connectivity index (χ3n) is 4.18. The summed E-state index contributed by atoms with van der Waals surface area (Å²) in [7, 11) is -3.99. The van der Waals surface area contributed by atoms with Crippen LogP contribution in [0.3, 0.4) is 0 Å². The van der Waals surface area contributed by atoms with E-state index in [4.69, 9.17) is 23.2 Å². The Hall–Kier alpha value is -2.45. The smallest absolute Gasteiger partial charge is 0.243 e. The molecule has 3 aromatic rings. The summed E-state index contributed by atoms with van der Waals surface area (Å²) in [5.41, 5.74) is 0.845. The highest BCUT2D eigenvalue weighted by molar-refractivity contribution is 7.89. The van der Waals surface area contributed by atoms with E-state index in [9.17, 15) is 17.6 Å². The average molecular weight is 467 g/mol. The van der Waals surface area contributed by atoms with E-state index in [1.54, 1.807) is 24.3 Å². The second-order valence-electron chi connectivity index (χ2n) is 6.38. The lowest BCUT2D eigenvalue weighted by Crippen LogP contribution is -2.37. The molecule has 5 nitrogen and oxygen atoms in total. The minimum Gasteiger partial charge on any atom is -0.324 e. The number of rotatable bonds is 7. The molecule has 0 fully saturated rings. The number of carbonyl (C=O) groups is 1. The van der Waals surface area contributed by atoms with Gasteiger partial charge in [0.2, 0.25) is 15.9 Å². The Kier molecular flexibility index (Phi) is 7.10. The van der Waals surface area contributed by atoms with Gasteiger partial charge in [-0.3, -0.25) is 4.79 Å². The molecule has 0 aliphatic rings. The van der Waals surface area contributed by atoms with Crippen LogP contribution in [0.4, 0.5) is 10.1 Å². The van der Waals surface area contributed by atoms with Crippen molar-refractivity contribution in [3.05, 3.63) is 94.2 Å². The Morgan fingerprint density at radius 2 is 1.63 bits per heavy atom. The van der Waals surface area contributed by atoms with E-state index in [2.05, 4.69) is 5.32 Å². The standard InChI is InChI=1S/C21H17Cl2FN2O3S/c22-16-8-11-20(19(23)12-16)25-21(27)14-26(13-15-6-9-17(24)10-7-15)30(28,29)18-4-2-1-3-5-18/h1-12H,13-14H2,(H,25,27). The van der Waals surface area contributed by atoms with Gasteiger partial charge in [0, 0.05) is 11.6 Å². The molecule has 30 heavy (non-hydrogen) atoms. The molecule has 0 spiro atoms. The van der Waals surface area contributed by atoms with Gasteiger partial charge in [-0.05, 0) is 48.0 Å². The van der Waals surface area contributed by atoms with Crippen molar-refractivity contribution < 1.29 is 17.6 Å². The largest absolute Gasteiger partial charge is 0.324 e. The van der Waals surface area contributed by atoms with Crippen LogP contribution in [0.1, 0.15) is 5.56 Å². The maximum absolute atomic E-state index is 13.2. The van der Waals surface area contributed by atoms with Gasteiger partial charge in [-0.25, -0.2) is 12.8 Å². The monoisotopic (exact) mass is 466 g/mol. The van der Waals surface area contributed by atoms with Gasteiger partial charge >= 0.3 is 0 Å². The summed E-state index contributed by atoms with van der Waals surface area (Å²) < 4.78 is 40.5. The molecule has 1 N–H and O–H groups in total. The zero-order valence-corrected chi connectivity index (χ0v) is 17.9. The highest BCUT2D eigenvalue weighted by Gasteiger charge is 2.27. The lowest BCUT2D eigenvalue weighted by molar-refractivity contribution is -0.116. The second-order valence-corrected chi connectivity index (χ2v) is 9.17. The molecule has 0 unspecified atom stereocenters. The van der Waals surface area contributed by atoms with Crippen molar-refractivity contribution in [2.75, 3.05) is 11.9 Å². The number of anilines is 1. The predicted octanol–water partition coefficient (Wildman–Crippen LogP) is 4.96. The lowest BCUT2D eigenvalue weighted by atomic mass is 10.2. The van der Waals surface area contributed by atoms with Crippen LogP contribution in [-0.4, -0.2) is 25.2 Å². The van der Waals surface area contributed by atoms with Gasteiger partial charge in [0.25, 0.3) is 0 Å². The minimum absolute atomic E-state index is 0.0458. The molecule has 156 valence electrons. The summed E-state index contributed by atoms with van der Waals surface area (Å²) in [6.45, 7) is -0.577. The van der Waals surface area contributed by atoms with Crippen molar-refractivity contribution in [2.45, 2.75) is 11.4 Å². The number of sulfonamides is 1. The van der Waals surface area contributed by atoms with Crippen LogP contribution in [0.5, 0.6) is 0 Å². The number of carbonyl (C=O) groups excluding carboxylic acids is 1. The molecule has 0 heterocycles. The highest BCUT2D eigenvalue weighted by Crippen LogP contribution is 2.26. The Balaban J connectivity index is 1.86. The van der Waals surface area contributed by atoms with Crippen LogP contribution in [0.15, 0.2) is 77.7 Å². The topological polar surface area (TPSA) is 66.5 Å². The quantitative estimate of drug-likeness (QED) is 0.534. The molecule has 0 aliphatic heterocycles. The van der Waals surface area contributed by atoms with E-state index < -0.39 is 28.3 Å². The van der Waals surface area contributed by atoms with E-state index in [0.717, 1.165) is 4.31 Å². The number of benzene rings is 3. The third-order valence-corrected chi connectivity index (χ3v) is 6.53. The first-order valence-electron chi connectivity index (χ1n) is 8.80. The molecule has 3 rings (SSSR count). The van der Waals surface area contributed by atoms with E-state index in [1.165, 1.54) is 48.5 Å². The Morgan fingerprint density at radius 3 is 2.27 bits per heavy atom. The summed E-state index contributed by atoms with van der Waals surface area (Å²) in [6.07, 6.45) is 0. The zero-order chi connectivity index (χ0) is 21.7. The van der Waals surface area contributed by atoms with Gasteiger partial charge in [0.05, 0.1) is 22.2 Å². The van der Waals surface area contributed by atoms with Crippen molar-refractivity contribution in [1.29, 1.82) is 0 Å². The number of nitrogens with zero attached hydrogens (tertiary/aromatic N) is 1. The molecule has 3 aromatic carbocycles. The second kappa shape index (κ2) is 9.57. The van der Waals surface area contributed by atoms with Crippen molar-refractivity contribution in [2.24, 2.45) is 0 Å². The summed E-state index contributed by atoms with van der Waals surface area (Å²) in [5.74, 6) is -1.02. The van der Waals surface area contributed by atoms with Gasteiger partial charge in [0.1, 0.15) is 5.82 Å². The maximum Gasteiger partial charge on any atom is 0.243 e. The first-order chi connectivity index (χ1) is 14.3.